The summed E-state index contributed by atoms with van der Waals surface area (Å²) < 4.78 is 0. The van der Waals surface area contributed by atoms with Crippen LogP contribution in [0, 0.1) is 0 Å². The Balaban J connectivity index is -0.000000105. The molecule has 0 aromatic heterocycles. The van der Waals surface area contributed by atoms with E-state index in [1.165, 1.54) is 0 Å². The molecule has 0 aliphatic heterocycles. The first kappa shape index (κ1) is 18.7. The van der Waals surface area contributed by atoms with E-state index < -0.39 is 11.9 Å². The number of aliphatic carboxylic acids is 1. The number of rotatable bonds is 3. The fraction of sp³-hybridized carbons (Fsp3) is 0.273. The first-order valence-electron chi connectivity index (χ1n) is 4.58. The smallest absolute Gasteiger partial charge is 1.00 e. The molecule has 0 spiro atoms. The third-order valence-electron chi connectivity index (χ3n) is 1.47. The summed E-state index contributed by atoms with van der Waals surface area (Å²) in [7, 11) is 3.43. The number of carbonyl (C=O) groups is 2. The summed E-state index contributed by atoms with van der Waals surface area (Å²) >= 11 is 0. The molecule has 1 aromatic carbocycles. The van der Waals surface area contributed by atoms with Crippen LogP contribution < -0.4 is 0 Å². The number of hydrogen-bond donors (Lipinski definition) is 2. The van der Waals surface area contributed by atoms with Crippen molar-refractivity contribution in [1.82, 2.24) is 4.90 Å². The van der Waals surface area contributed by atoms with Gasteiger partial charge in [-0.2, -0.15) is 0 Å². The van der Waals surface area contributed by atoms with Crippen LogP contribution in [-0.4, -0.2) is 85.4 Å². The van der Waals surface area contributed by atoms with Gasteiger partial charge < -0.3 is 13.1 Å². The van der Waals surface area contributed by atoms with Gasteiger partial charge in [-0.15, -0.1) is 0 Å². The molecular formula is C11H17CaNO4. The Morgan fingerprint density at radius 1 is 1.18 bits per heavy atom. The van der Waals surface area contributed by atoms with Gasteiger partial charge in [0.2, 0.25) is 0 Å². The molecule has 0 fully saturated rings. The van der Waals surface area contributed by atoms with Gasteiger partial charge in [-0.05, 0) is 26.2 Å². The number of carboxylic acids is 2. The second-order valence-electron chi connectivity index (χ2n) is 3.30. The Labute approximate surface area is 133 Å². The van der Waals surface area contributed by atoms with E-state index in [0.29, 0.717) is 5.56 Å². The van der Waals surface area contributed by atoms with E-state index in [1.54, 1.807) is 49.3 Å². The van der Waals surface area contributed by atoms with Crippen molar-refractivity contribution in [2.45, 2.75) is 0 Å². The summed E-state index contributed by atoms with van der Waals surface area (Å²) in [5, 5.41) is 16.4. The number of hydrogen-bond acceptors (Lipinski definition) is 3. The molecular weight excluding hydrogens is 250 g/mol. The van der Waals surface area contributed by atoms with E-state index in [1.807, 2.05) is 0 Å². The zero-order chi connectivity index (χ0) is 12.6. The van der Waals surface area contributed by atoms with Crippen LogP contribution in [0.25, 0.3) is 0 Å². The summed E-state index contributed by atoms with van der Waals surface area (Å²) in [6.45, 7) is 0.111. The standard InChI is InChI=1S/C7H6O2.C4H9NO2.Ca.2H/c8-7(9)6-4-2-1-3-5-6;1-5(2)3-4(6)7;;;/h1-5H,(H,8,9);3H2,1-2H3,(H,6,7);;;/q;;+2;2*-1. The van der Waals surface area contributed by atoms with Gasteiger partial charge >= 0.3 is 49.7 Å². The summed E-state index contributed by atoms with van der Waals surface area (Å²) in [5.74, 6) is -1.67. The van der Waals surface area contributed by atoms with Crippen molar-refractivity contribution in [1.29, 1.82) is 0 Å². The second kappa shape index (κ2) is 10.5. The van der Waals surface area contributed by atoms with E-state index in [4.69, 9.17) is 10.2 Å². The summed E-state index contributed by atoms with van der Waals surface area (Å²) in [6.07, 6.45) is 0. The Morgan fingerprint density at radius 2 is 1.65 bits per heavy atom. The van der Waals surface area contributed by atoms with Gasteiger partial charge in [-0.3, -0.25) is 9.69 Å². The van der Waals surface area contributed by atoms with Gasteiger partial charge in [0, 0.05) is 0 Å². The predicted molar refractivity (Wildman–Crippen MR) is 67.6 cm³/mol. The molecule has 1 aromatic rings. The summed E-state index contributed by atoms with van der Waals surface area (Å²) in [5.41, 5.74) is 0.331. The van der Waals surface area contributed by atoms with Crippen LogP contribution in [0.2, 0.25) is 0 Å². The molecule has 0 atom stereocenters. The Hall–Kier alpha value is -0.620. The largest absolute Gasteiger partial charge is 2.00 e. The van der Waals surface area contributed by atoms with Crippen LogP contribution in [0.15, 0.2) is 30.3 Å². The van der Waals surface area contributed by atoms with Crippen molar-refractivity contribution >= 4 is 49.7 Å². The van der Waals surface area contributed by atoms with Crippen LogP contribution in [0.1, 0.15) is 13.2 Å². The molecule has 17 heavy (non-hydrogen) atoms. The molecule has 0 bridgehead atoms. The van der Waals surface area contributed by atoms with E-state index in [2.05, 4.69) is 0 Å². The average molecular weight is 267 g/mol. The maximum absolute atomic E-state index is 10.2. The predicted octanol–water partition coefficient (Wildman–Crippen LogP) is 0.862. The summed E-state index contributed by atoms with van der Waals surface area (Å²) in [4.78, 5) is 21.6. The van der Waals surface area contributed by atoms with E-state index >= 15 is 0 Å². The van der Waals surface area contributed by atoms with Gasteiger partial charge in [-0.1, -0.05) is 18.2 Å². The second-order valence-corrected chi connectivity index (χ2v) is 3.30. The molecule has 6 heteroatoms. The van der Waals surface area contributed by atoms with Crippen molar-refractivity contribution < 1.29 is 22.7 Å². The van der Waals surface area contributed by atoms with Crippen LogP contribution in [-0.2, 0) is 4.79 Å². The van der Waals surface area contributed by atoms with Crippen molar-refractivity contribution in [3.05, 3.63) is 35.9 Å². The van der Waals surface area contributed by atoms with Crippen molar-refractivity contribution in [2.24, 2.45) is 0 Å². The summed E-state index contributed by atoms with van der Waals surface area (Å²) in [6, 6.07) is 8.30. The van der Waals surface area contributed by atoms with E-state index in [9.17, 15) is 9.59 Å². The normalized spacial score (nSPS) is 8.65. The van der Waals surface area contributed by atoms with E-state index in [0.717, 1.165) is 0 Å². The minimum absolute atomic E-state index is 0. The van der Waals surface area contributed by atoms with Crippen LogP contribution >= 0.6 is 0 Å². The molecule has 0 aliphatic carbocycles. The first-order chi connectivity index (χ1) is 7.43. The number of carboxylic acid groups (broad SMARTS) is 2. The van der Waals surface area contributed by atoms with Crippen LogP contribution in [0.4, 0.5) is 0 Å². The van der Waals surface area contributed by atoms with Crippen LogP contribution in [0.5, 0.6) is 0 Å². The Kier molecular flexibility index (Phi) is 11.6. The number of likely N-dealkylation sites (N-methyl/N-ethyl adjacent to an activating group) is 1. The number of benzene rings is 1. The van der Waals surface area contributed by atoms with Gasteiger partial charge in [-0.25, -0.2) is 4.79 Å². The Morgan fingerprint density at radius 3 is 1.82 bits per heavy atom. The average Bonchev–Trinajstić information content (AvgIpc) is 2.17. The third-order valence-corrected chi connectivity index (χ3v) is 1.47. The minimum Gasteiger partial charge on any atom is -1.00 e. The SMILES string of the molecule is CN(C)CC(=O)O.O=C(O)c1ccccc1.[Ca+2].[H-].[H-]. The van der Waals surface area contributed by atoms with Gasteiger partial charge in [0.05, 0.1) is 12.1 Å². The third kappa shape index (κ3) is 11.6. The molecule has 0 radical (unpaired) electrons. The fourth-order valence-corrected chi connectivity index (χ4v) is 0.851. The fourth-order valence-electron chi connectivity index (χ4n) is 0.851. The van der Waals surface area contributed by atoms with Gasteiger partial charge in [0.25, 0.3) is 0 Å². The molecule has 5 nitrogen and oxygen atoms in total. The molecule has 0 aliphatic rings. The molecule has 0 amide bonds. The Bertz CT molecular complexity index is 350. The molecule has 2 N–H and O–H groups in total. The zero-order valence-corrected chi connectivity index (χ0v) is 12.2. The molecule has 0 saturated heterocycles. The minimum atomic E-state index is -0.879. The molecule has 92 valence electrons. The van der Waals surface area contributed by atoms with Crippen molar-refractivity contribution in [3.63, 3.8) is 0 Å². The monoisotopic (exact) mass is 267 g/mol. The van der Waals surface area contributed by atoms with E-state index in [-0.39, 0.29) is 47.1 Å². The molecule has 0 saturated carbocycles. The van der Waals surface area contributed by atoms with Crippen LogP contribution in [0.3, 0.4) is 0 Å². The van der Waals surface area contributed by atoms with Gasteiger partial charge in [0.15, 0.2) is 0 Å². The molecule has 1 rings (SSSR count). The topological polar surface area (TPSA) is 77.8 Å². The number of nitrogens with zero attached hydrogens (tertiary/aromatic N) is 1. The quantitative estimate of drug-likeness (QED) is 0.794. The van der Waals surface area contributed by atoms with Crippen molar-refractivity contribution in [2.75, 3.05) is 20.6 Å². The maximum atomic E-state index is 10.2. The van der Waals surface area contributed by atoms with Crippen molar-refractivity contribution in [3.8, 4) is 0 Å². The molecule has 0 heterocycles. The number of aromatic carboxylic acids is 1. The zero-order valence-electron chi connectivity index (χ0n) is 12.0. The van der Waals surface area contributed by atoms with Gasteiger partial charge in [0.1, 0.15) is 0 Å². The maximum Gasteiger partial charge on any atom is 2.00 e. The molecule has 0 unspecified atom stereocenters. The first-order valence-corrected chi connectivity index (χ1v) is 4.58.